The highest BCUT2D eigenvalue weighted by molar-refractivity contribution is 6.05. The van der Waals surface area contributed by atoms with Crippen LogP contribution in [0.2, 0.25) is 0 Å². The fraction of sp³-hybridized carbons (Fsp3) is 0.387. The summed E-state index contributed by atoms with van der Waals surface area (Å²) in [4.78, 5) is 38.8. The number of ether oxygens (including phenoxy) is 3. The number of anilines is 1. The molecule has 2 aromatic rings. The molecule has 0 radical (unpaired) electrons. The van der Waals surface area contributed by atoms with E-state index in [1.807, 2.05) is 51.1 Å². The van der Waals surface area contributed by atoms with Gasteiger partial charge in [-0.1, -0.05) is 23.8 Å². The summed E-state index contributed by atoms with van der Waals surface area (Å²) in [7, 11) is 0. The largest absolute Gasteiger partial charge is 0.490 e. The third-order valence-corrected chi connectivity index (χ3v) is 7.26. The van der Waals surface area contributed by atoms with Gasteiger partial charge in [-0.25, -0.2) is 0 Å². The molecule has 0 saturated carbocycles. The van der Waals surface area contributed by atoms with Crippen LogP contribution in [0, 0.1) is 13.8 Å². The van der Waals surface area contributed by atoms with Crippen molar-refractivity contribution in [2.45, 2.75) is 65.2 Å². The van der Waals surface area contributed by atoms with Crippen molar-refractivity contribution in [3.8, 4) is 11.5 Å². The quantitative estimate of drug-likeness (QED) is 0.498. The van der Waals surface area contributed by atoms with Crippen molar-refractivity contribution in [2.75, 3.05) is 18.5 Å². The van der Waals surface area contributed by atoms with Crippen molar-refractivity contribution >= 4 is 23.2 Å². The van der Waals surface area contributed by atoms with Crippen LogP contribution in [0.3, 0.4) is 0 Å². The number of nitrogens with one attached hydrogen (secondary N) is 1. The van der Waals surface area contributed by atoms with Gasteiger partial charge in [-0.2, -0.15) is 0 Å². The highest BCUT2D eigenvalue weighted by atomic mass is 16.5. The number of Topliss-reactive ketones (excluding diaryl/α,β-unsaturated/α-hetero) is 2. The molecule has 0 atom stereocenters. The maximum atomic E-state index is 13.1. The van der Waals surface area contributed by atoms with E-state index in [1.54, 1.807) is 6.07 Å². The van der Waals surface area contributed by atoms with Gasteiger partial charge < -0.3 is 19.5 Å². The first kappa shape index (κ1) is 25.8. The first-order chi connectivity index (χ1) is 18.4. The van der Waals surface area contributed by atoms with Crippen molar-refractivity contribution in [1.29, 1.82) is 0 Å². The molecule has 0 aromatic heterocycles. The molecule has 0 saturated heterocycles. The summed E-state index contributed by atoms with van der Waals surface area (Å²) in [6.45, 7) is 6.02. The molecule has 7 heteroatoms. The molecule has 7 nitrogen and oxygen atoms in total. The number of carbonyl (C=O) groups is 3. The van der Waals surface area contributed by atoms with Gasteiger partial charge in [0, 0.05) is 48.4 Å². The van der Waals surface area contributed by atoms with Gasteiger partial charge in [0.1, 0.15) is 11.5 Å². The standard InChI is InChI=1S/C31H33NO6/c1-4-36-27-16-20(12-14-24(27)37-17-28(35)32-21-13-11-18(2)15-19(21)3)29-30-22(33)7-5-9-25(30)38-26-10-6-8-23(34)31(26)29/h11-16,29H,4-10,17H2,1-3H3,(H,32,35). The molecule has 3 aliphatic rings. The van der Waals surface area contributed by atoms with Crippen LogP contribution in [0.25, 0.3) is 0 Å². The Morgan fingerprint density at radius 2 is 1.58 bits per heavy atom. The van der Waals surface area contributed by atoms with Crippen LogP contribution in [0.15, 0.2) is 59.1 Å². The smallest absolute Gasteiger partial charge is 0.262 e. The lowest BCUT2D eigenvalue weighted by Crippen LogP contribution is -2.30. The molecule has 2 aliphatic carbocycles. The molecule has 2 aromatic carbocycles. The van der Waals surface area contributed by atoms with Crippen molar-refractivity contribution in [1.82, 2.24) is 0 Å². The van der Waals surface area contributed by atoms with Gasteiger partial charge in [0.15, 0.2) is 29.7 Å². The second-order valence-electron chi connectivity index (χ2n) is 10.1. The molecular formula is C31H33NO6. The zero-order valence-electron chi connectivity index (χ0n) is 22.1. The van der Waals surface area contributed by atoms with E-state index in [0.29, 0.717) is 66.5 Å². The van der Waals surface area contributed by atoms with Gasteiger partial charge in [-0.3, -0.25) is 14.4 Å². The Bertz CT molecular complexity index is 1330. The predicted molar refractivity (Wildman–Crippen MR) is 143 cm³/mol. The summed E-state index contributed by atoms with van der Waals surface area (Å²) in [5.41, 5.74) is 4.81. The average molecular weight is 516 g/mol. The second-order valence-corrected chi connectivity index (χ2v) is 10.1. The third kappa shape index (κ3) is 5.10. The predicted octanol–water partition coefficient (Wildman–Crippen LogP) is 5.85. The molecule has 1 amide bonds. The minimum absolute atomic E-state index is 0.0301. The van der Waals surface area contributed by atoms with Crippen LogP contribution in [0.5, 0.6) is 11.5 Å². The van der Waals surface area contributed by atoms with Gasteiger partial charge >= 0.3 is 0 Å². The summed E-state index contributed by atoms with van der Waals surface area (Å²) >= 11 is 0. The summed E-state index contributed by atoms with van der Waals surface area (Å²) in [6.07, 6.45) is 3.79. The third-order valence-electron chi connectivity index (χ3n) is 7.26. The monoisotopic (exact) mass is 515 g/mol. The fourth-order valence-corrected chi connectivity index (χ4v) is 5.53. The Kier molecular flexibility index (Phi) is 7.36. The fourth-order valence-electron chi connectivity index (χ4n) is 5.53. The molecule has 1 aliphatic heterocycles. The lowest BCUT2D eigenvalue weighted by molar-refractivity contribution is -0.119. The molecule has 198 valence electrons. The number of benzene rings is 2. The SMILES string of the molecule is CCOc1cc(C2C3=C(CCCC3=O)OC3=C2C(=O)CCC3)ccc1OCC(=O)Nc1ccc(C)cc1C. The number of hydrogen-bond acceptors (Lipinski definition) is 6. The van der Waals surface area contributed by atoms with Crippen molar-refractivity contribution in [3.63, 3.8) is 0 Å². The minimum Gasteiger partial charge on any atom is -0.490 e. The van der Waals surface area contributed by atoms with E-state index in [2.05, 4.69) is 5.32 Å². The Morgan fingerprint density at radius 3 is 2.21 bits per heavy atom. The van der Waals surface area contributed by atoms with E-state index < -0.39 is 5.92 Å². The van der Waals surface area contributed by atoms with E-state index in [0.717, 1.165) is 35.2 Å². The lowest BCUT2D eigenvalue weighted by Gasteiger charge is -2.36. The molecule has 0 spiro atoms. The average Bonchev–Trinajstić information content (AvgIpc) is 2.89. The zero-order valence-corrected chi connectivity index (χ0v) is 22.1. The van der Waals surface area contributed by atoms with Gasteiger partial charge in [0.25, 0.3) is 5.91 Å². The Morgan fingerprint density at radius 1 is 0.895 bits per heavy atom. The number of ketones is 2. The second kappa shape index (κ2) is 10.9. The van der Waals surface area contributed by atoms with Gasteiger partial charge in [0.05, 0.1) is 6.61 Å². The number of carbonyl (C=O) groups excluding carboxylic acids is 3. The molecule has 1 N–H and O–H groups in total. The van der Waals surface area contributed by atoms with Crippen LogP contribution in [-0.4, -0.2) is 30.7 Å². The number of hydrogen-bond donors (Lipinski definition) is 1. The molecule has 38 heavy (non-hydrogen) atoms. The van der Waals surface area contributed by atoms with Crippen LogP contribution in [0.1, 0.15) is 68.1 Å². The zero-order chi connectivity index (χ0) is 26.8. The lowest BCUT2D eigenvalue weighted by atomic mass is 9.73. The van der Waals surface area contributed by atoms with Gasteiger partial charge in [-0.05, 0) is 62.9 Å². The summed E-state index contributed by atoms with van der Waals surface area (Å²) < 4.78 is 17.9. The topological polar surface area (TPSA) is 90.9 Å². The Labute approximate surface area is 222 Å². The van der Waals surface area contributed by atoms with E-state index in [4.69, 9.17) is 14.2 Å². The molecular weight excluding hydrogens is 482 g/mol. The van der Waals surface area contributed by atoms with E-state index in [9.17, 15) is 14.4 Å². The molecule has 0 bridgehead atoms. The molecule has 0 fully saturated rings. The van der Waals surface area contributed by atoms with E-state index >= 15 is 0 Å². The molecule has 5 rings (SSSR count). The van der Waals surface area contributed by atoms with Crippen LogP contribution in [0.4, 0.5) is 5.69 Å². The number of allylic oxidation sites excluding steroid dienone is 4. The summed E-state index contributed by atoms with van der Waals surface area (Å²) in [5.74, 6) is 1.58. The van der Waals surface area contributed by atoms with Crippen LogP contribution < -0.4 is 14.8 Å². The number of aryl methyl sites for hydroxylation is 2. The van der Waals surface area contributed by atoms with Crippen LogP contribution in [-0.2, 0) is 19.1 Å². The summed E-state index contributed by atoms with van der Waals surface area (Å²) in [6, 6.07) is 11.3. The number of rotatable bonds is 7. The van der Waals surface area contributed by atoms with Gasteiger partial charge in [0.2, 0.25) is 0 Å². The number of amides is 1. The van der Waals surface area contributed by atoms with E-state index in [1.165, 1.54) is 0 Å². The Hall–Kier alpha value is -3.87. The van der Waals surface area contributed by atoms with Crippen molar-refractivity contribution < 1.29 is 28.6 Å². The molecule has 0 unspecified atom stereocenters. The highest BCUT2D eigenvalue weighted by Gasteiger charge is 2.42. The highest BCUT2D eigenvalue weighted by Crippen LogP contribution is 2.48. The maximum absolute atomic E-state index is 13.1. The summed E-state index contributed by atoms with van der Waals surface area (Å²) in [5, 5.41) is 2.89. The van der Waals surface area contributed by atoms with Crippen molar-refractivity contribution in [3.05, 3.63) is 75.8 Å². The minimum atomic E-state index is -0.476. The molecule has 1 heterocycles. The maximum Gasteiger partial charge on any atom is 0.262 e. The van der Waals surface area contributed by atoms with Crippen molar-refractivity contribution in [2.24, 2.45) is 0 Å². The normalized spacial score (nSPS) is 17.6. The first-order valence-electron chi connectivity index (χ1n) is 13.3. The van der Waals surface area contributed by atoms with E-state index in [-0.39, 0.29) is 24.1 Å². The Balaban J connectivity index is 1.42. The van der Waals surface area contributed by atoms with Crippen LogP contribution >= 0.6 is 0 Å². The van der Waals surface area contributed by atoms with Gasteiger partial charge in [-0.15, -0.1) is 0 Å². The first-order valence-corrected chi connectivity index (χ1v) is 13.3.